The maximum Gasteiger partial charge on any atom is 0.271 e. The fraction of sp³-hybridized carbons (Fsp3) is 0.143. The first-order valence-electron chi connectivity index (χ1n) is 11.5. The van der Waals surface area contributed by atoms with Crippen molar-refractivity contribution in [3.05, 3.63) is 130 Å². The van der Waals surface area contributed by atoms with Crippen LogP contribution in [-0.4, -0.2) is 16.6 Å². The highest BCUT2D eigenvalue weighted by molar-refractivity contribution is 7.07. The second-order valence-electron chi connectivity index (χ2n) is 8.74. The number of hydrogen-bond donors (Lipinski definition) is 0. The molecule has 2 heterocycles. The third kappa shape index (κ3) is 3.67. The quantitative estimate of drug-likeness (QED) is 0.313. The van der Waals surface area contributed by atoms with Crippen LogP contribution in [-0.2, 0) is 6.42 Å². The normalized spacial score (nSPS) is 16.6. The minimum Gasteiger partial charge on any atom is -0.497 e. The number of nitro groups is 1. The Morgan fingerprint density at radius 3 is 2.67 bits per heavy atom. The molecule has 1 aliphatic carbocycles. The van der Waals surface area contributed by atoms with E-state index in [-0.39, 0.29) is 17.3 Å². The fourth-order valence-corrected chi connectivity index (χ4v) is 5.98. The standard InChI is InChI=1S/C28H21N3O4S/c1-35-21-7-4-6-19(16-21)26-23-14-11-18-5-2-3-8-22(18)25(23)29-28-30(26)27(32)24(36-28)15-17-9-12-20(13-10-17)31(33)34/h2-10,12-13,15-16,26H,11,14H2,1H3/b24-15+/t26-/m1/s1. The van der Waals surface area contributed by atoms with E-state index in [1.807, 2.05) is 36.4 Å². The maximum atomic E-state index is 13.8. The number of benzene rings is 3. The number of non-ortho nitro benzene ring substituents is 1. The number of nitrogens with zero attached hydrogens (tertiary/aromatic N) is 3. The molecular formula is C28H21N3O4S. The summed E-state index contributed by atoms with van der Waals surface area (Å²) in [5, 5.41) is 11.0. The Hall–Kier alpha value is -4.30. The molecule has 178 valence electrons. The van der Waals surface area contributed by atoms with Crippen LogP contribution < -0.4 is 19.6 Å². The third-order valence-corrected chi connectivity index (χ3v) is 7.67. The van der Waals surface area contributed by atoms with Crippen molar-refractivity contribution in [2.75, 3.05) is 7.11 Å². The highest BCUT2D eigenvalue weighted by Crippen LogP contribution is 2.41. The number of thiazole rings is 1. The number of ether oxygens (including phenoxy) is 1. The first-order chi connectivity index (χ1) is 17.5. The Morgan fingerprint density at radius 2 is 1.89 bits per heavy atom. The molecule has 0 saturated carbocycles. The first-order valence-corrected chi connectivity index (χ1v) is 12.4. The van der Waals surface area contributed by atoms with Crippen LogP contribution in [0.15, 0.2) is 88.2 Å². The molecule has 1 aromatic heterocycles. The Bertz CT molecular complexity index is 1730. The summed E-state index contributed by atoms with van der Waals surface area (Å²) >= 11 is 1.34. The highest BCUT2D eigenvalue weighted by atomic mass is 32.1. The lowest BCUT2D eigenvalue weighted by molar-refractivity contribution is -0.384. The lowest BCUT2D eigenvalue weighted by atomic mass is 9.83. The maximum absolute atomic E-state index is 13.8. The van der Waals surface area contributed by atoms with E-state index >= 15 is 0 Å². The van der Waals surface area contributed by atoms with Crippen LogP contribution in [0.3, 0.4) is 0 Å². The third-order valence-electron chi connectivity index (χ3n) is 6.68. The molecule has 36 heavy (non-hydrogen) atoms. The van der Waals surface area contributed by atoms with Crippen molar-refractivity contribution in [2.24, 2.45) is 4.99 Å². The summed E-state index contributed by atoms with van der Waals surface area (Å²) in [5.74, 6) is 0.732. The Morgan fingerprint density at radius 1 is 1.08 bits per heavy atom. The number of fused-ring (bicyclic) bond motifs is 3. The zero-order valence-corrected chi connectivity index (χ0v) is 20.2. The van der Waals surface area contributed by atoms with Gasteiger partial charge in [-0.05, 0) is 65.4 Å². The van der Waals surface area contributed by atoms with Crippen molar-refractivity contribution < 1.29 is 9.66 Å². The molecule has 3 aromatic carbocycles. The van der Waals surface area contributed by atoms with E-state index in [0.29, 0.717) is 9.33 Å². The van der Waals surface area contributed by atoms with E-state index in [1.54, 1.807) is 29.9 Å². The SMILES string of the molecule is COc1cccc([C@@H]2C3=C(N=c4s/c(=C/c5ccc([N+](=O)[O-])cc5)c(=O)n42)c2ccccc2CC3)c1. The molecule has 0 unspecified atom stereocenters. The van der Waals surface area contributed by atoms with Crippen molar-refractivity contribution >= 4 is 28.8 Å². The van der Waals surface area contributed by atoms with Gasteiger partial charge in [-0.15, -0.1) is 0 Å². The van der Waals surface area contributed by atoms with Crippen molar-refractivity contribution in [3.63, 3.8) is 0 Å². The predicted molar refractivity (Wildman–Crippen MR) is 139 cm³/mol. The van der Waals surface area contributed by atoms with Crippen LogP contribution in [0.25, 0.3) is 11.8 Å². The van der Waals surface area contributed by atoms with E-state index in [1.165, 1.54) is 29.0 Å². The minimum absolute atomic E-state index is 0.0120. The van der Waals surface area contributed by atoms with Crippen LogP contribution in [0, 0.1) is 10.1 Å². The summed E-state index contributed by atoms with van der Waals surface area (Å²) in [6.07, 6.45) is 3.47. The first kappa shape index (κ1) is 22.2. The van der Waals surface area contributed by atoms with E-state index in [4.69, 9.17) is 9.73 Å². The van der Waals surface area contributed by atoms with Gasteiger partial charge in [-0.2, -0.15) is 0 Å². The highest BCUT2D eigenvalue weighted by Gasteiger charge is 2.32. The van der Waals surface area contributed by atoms with Gasteiger partial charge in [0.1, 0.15) is 5.75 Å². The lowest BCUT2D eigenvalue weighted by Gasteiger charge is -2.31. The van der Waals surface area contributed by atoms with E-state index in [0.717, 1.165) is 46.6 Å². The molecule has 1 aliphatic heterocycles. The smallest absolute Gasteiger partial charge is 0.271 e. The van der Waals surface area contributed by atoms with Crippen molar-refractivity contribution in [2.45, 2.75) is 18.9 Å². The molecule has 0 amide bonds. The van der Waals surface area contributed by atoms with Crippen LogP contribution in [0.5, 0.6) is 5.75 Å². The van der Waals surface area contributed by atoms with Gasteiger partial charge in [-0.1, -0.05) is 47.7 Å². The summed E-state index contributed by atoms with van der Waals surface area (Å²) in [6.45, 7) is 0. The van der Waals surface area contributed by atoms with Gasteiger partial charge < -0.3 is 4.74 Å². The summed E-state index contributed by atoms with van der Waals surface area (Å²) in [5.41, 5.74) is 6.00. The van der Waals surface area contributed by atoms with E-state index < -0.39 is 4.92 Å². The minimum atomic E-state index is -0.436. The van der Waals surface area contributed by atoms with Crippen molar-refractivity contribution in [1.82, 2.24) is 4.57 Å². The van der Waals surface area contributed by atoms with Crippen LogP contribution >= 0.6 is 11.3 Å². The molecular weight excluding hydrogens is 474 g/mol. The molecule has 8 heteroatoms. The van der Waals surface area contributed by atoms with Crippen LogP contribution in [0.4, 0.5) is 5.69 Å². The second-order valence-corrected chi connectivity index (χ2v) is 9.75. The summed E-state index contributed by atoms with van der Waals surface area (Å²) in [6, 6.07) is 22.0. The number of allylic oxidation sites excluding steroid dienone is 1. The summed E-state index contributed by atoms with van der Waals surface area (Å²) < 4.78 is 7.80. The van der Waals surface area contributed by atoms with Gasteiger partial charge in [-0.25, -0.2) is 4.99 Å². The number of nitro benzene ring substituents is 1. The second kappa shape index (κ2) is 8.73. The van der Waals surface area contributed by atoms with Crippen molar-refractivity contribution in [1.29, 1.82) is 0 Å². The van der Waals surface area contributed by atoms with Crippen LogP contribution in [0.1, 0.15) is 34.7 Å². The van der Waals surface area contributed by atoms with Crippen LogP contribution in [0.2, 0.25) is 0 Å². The van der Waals surface area contributed by atoms with E-state index in [9.17, 15) is 14.9 Å². The Kier molecular flexibility index (Phi) is 5.38. The molecule has 6 rings (SSSR count). The van der Waals surface area contributed by atoms with Gasteiger partial charge in [0.05, 0.1) is 28.3 Å². The van der Waals surface area contributed by atoms with Gasteiger partial charge in [0.2, 0.25) is 0 Å². The monoisotopic (exact) mass is 495 g/mol. The van der Waals surface area contributed by atoms with Gasteiger partial charge in [0, 0.05) is 17.7 Å². The number of hydrogen-bond acceptors (Lipinski definition) is 6. The number of aromatic nitrogens is 1. The molecule has 0 N–H and O–H groups in total. The number of aryl methyl sites for hydroxylation is 1. The molecule has 0 spiro atoms. The lowest BCUT2D eigenvalue weighted by Crippen LogP contribution is -2.38. The summed E-state index contributed by atoms with van der Waals surface area (Å²) in [7, 11) is 1.64. The zero-order chi connectivity index (χ0) is 24.8. The Balaban J connectivity index is 1.58. The molecule has 0 radical (unpaired) electrons. The topological polar surface area (TPSA) is 86.7 Å². The van der Waals surface area contributed by atoms with Gasteiger partial charge in [0.15, 0.2) is 4.80 Å². The molecule has 0 fully saturated rings. The Labute approximate surface area is 210 Å². The molecule has 0 saturated heterocycles. The van der Waals surface area contributed by atoms with Gasteiger partial charge >= 0.3 is 0 Å². The van der Waals surface area contributed by atoms with Crippen molar-refractivity contribution in [3.8, 4) is 5.75 Å². The van der Waals surface area contributed by atoms with Gasteiger partial charge in [-0.3, -0.25) is 19.5 Å². The number of methoxy groups -OCH3 is 1. The molecule has 7 nitrogen and oxygen atoms in total. The zero-order valence-electron chi connectivity index (χ0n) is 19.4. The molecule has 1 atom stereocenters. The average molecular weight is 496 g/mol. The summed E-state index contributed by atoms with van der Waals surface area (Å²) in [4.78, 5) is 30.0. The molecule has 2 aliphatic rings. The fourth-order valence-electron chi connectivity index (χ4n) is 4.98. The molecule has 0 bridgehead atoms. The van der Waals surface area contributed by atoms with Gasteiger partial charge in [0.25, 0.3) is 11.2 Å². The predicted octanol–water partition coefficient (Wildman–Crippen LogP) is 4.24. The largest absolute Gasteiger partial charge is 0.497 e. The molecule has 4 aromatic rings. The number of rotatable bonds is 4. The average Bonchev–Trinajstić information content (AvgIpc) is 3.22. The van der Waals surface area contributed by atoms with E-state index in [2.05, 4.69) is 12.1 Å².